The van der Waals surface area contributed by atoms with Gasteiger partial charge in [0.05, 0.1) is 0 Å². The SMILES string of the molecule is Cc1sc(C)c2c1sc1ccccc12. The fourth-order valence-electron chi connectivity index (χ4n) is 1.97. The summed E-state index contributed by atoms with van der Waals surface area (Å²) in [6.07, 6.45) is 0. The topological polar surface area (TPSA) is 0 Å². The Morgan fingerprint density at radius 1 is 0.929 bits per heavy atom. The average Bonchev–Trinajstić information content (AvgIpc) is 2.66. The van der Waals surface area contributed by atoms with Gasteiger partial charge in [0.1, 0.15) is 0 Å². The Morgan fingerprint density at radius 3 is 2.57 bits per heavy atom. The zero-order valence-electron chi connectivity index (χ0n) is 8.13. The number of hydrogen-bond acceptors (Lipinski definition) is 2. The van der Waals surface area contributed by atoms with Crippen LogP contribution in [0.1, 0.15) is 9.75 Å². The van der Waals surface area contributed by atoms with Crippen LogP contribution in [0.3, 0.4) is 0 Å². The van der Waals surface area contributed by atoms with Crippen LogP contribution in [0.15, 0.2) is 24.3 Å². The van der Waals surface area contributed by atoms with Crippen LogP contribution in [0, 0.1) is 13.8 Å². The van der Waals surface area contributed by atoms with E-state index < -0.39 is 0 Å². The van der Waals surface area contributed by atoms with E-state index in [2.05, 4.69) is 38.1 Å². The molecule has 3 aromatic rings. The highest BCUT2D eigenvalue weighted by molar-refractivity contribution is 7.29. The number of rotatable bonds is 0. The summed E-state index contributed by atoms with van der Waals surface area (Å²) in [7, 11) is 0. The maximum atomic E-state index is 2.23. The van der Waals surface area contributed by atoms with Crippen LogP contribution in [0.4, 0.5) is 0 Å². The van der Waals surface area contributed by atoms with Gasteiger partial charge in [0.25, 0.3) is 0 Å². The van der Waals surface area contributed by atoms with Gasteiger partial charge in [-0.1, -0.05) is 18.2 Å². The van der Waals surface area contributed by atoms with E-state index in [9.17, 15) is 0 Å². The molecule has 0 amide bonds. The van der Waals surface area contributed by atoms with Crippen LogP contribution in [-0.2, 0) is 0 Å². The molecule has 0 unspecified atom stereocenters. The molecule has 0 aliphatic rings. The van der Waals surface area contributed by atoms with Gasteiger partial charge in [-0.25, -0.2) is 0 Å². The molecule has 14 heavy (non-hydrogen) atoms. The van der Waals surface area contributed by atoms with E-state index in [0.29, 0.717) is 0 Å². The van der Waals surface area contributed by atoms with Gasteiger partial charge in [0.15, 0.2) is 0 Å². The fraction of sp³-hybridized carbons (Fsp3) is 0.167. The molecule has 0 radical (unpaired) electrons. The molecule has 0 atom stereocenters. The van der Waals surface area contributed by atoms with Crippen molar-refractivity contribution in [3.05, 3.63) is 34.0 Å². The van der Waals surface area contributed by atoms with Gasteiger partial charge in [-0.2, -0.15) is 0 Å². The molecule has 0 saturated heterocycles. The Bertz CT molecular complexity index is 614. The van der Waals surface area contributed by atoms with Crippen molar-refractivity contribution >= 4 is 42.8 Å². The van der Waals surface area contributed by atoms with Crippen molar-refractivity contribution in [2.24, 2.45) is 0 Å². The number of hydrogen-bond donors (Lipinski definition) is 0. The number of fused-ring (bicyclic) bond motifs is 3. The molecule has 0 spiro atoms. The van der Waals surface area contributed by atoms with Crippen molar-refractivity contribution < 1.29 is 0 Å². The normalized spacial score (nSPS) is 11.6. The smallest absolute Gasteiger partial charge is 0.0494 e. The Morgan fingerprint density at radius 2 is 1.71 bits per heavy atom. The fourth-order valence-corrected chi connectivity index (χ4v) is 4.41. The second kappa shape index (κ2) is 2.81. The van der Waals surface area contributed by atoms with Crippen molar-refractivity contribution in [1.82, 2.24) is 0 Å². The van der Waals surface area contributed by atoms with Gasteiger partial charge in [-0.3, -0.25) is 0 Å². The number of thiophene rings is 2. The molecule has 2 heteroatoms. The van der Waals surface area contributed by atoms with Gasteiger partial charge in [0, 0.05) is 29.9 Å². The second-order valence-electron chi connectivity index (χ2n) is 3.52. The van der Waals surface area contributed by atoms with Crippen LogP contribution in [-0.4, -0.2) is 0 Å². The minimum Gasteiger partial charge on any atom is -0.144 e. The number of aryl methyl sites for hydroxylation is 2. The first-order valence-corrected chi connectivity index (χ1v) is 6.28. The van der Waals surface area contributed by atoms with Crippen LogP contribution < -0.4 is 0 Å². The first-order valence-electron chi connectivity index (χ1n) is 4.64. The summed E-state index contributed by atoms with van der Waals surface area (Å²) in [6.45, 7) is 4.44. The molecule has 1 aromatic carbocycles. The zero-order valence-corrected chi connectivity index (χ0v) is 9.76. The maximum absolute atomic E-state index is 2.23. The van der Waals surface area contributed by atoms with Gasteiger partial charge in [-0.15, -0.1) is 22.7 Å². The van der Waals surface area contributed by atoms with Crippen molar-refractivity contribution in [1.29, 1.82) is 0 Å². The minimum atomic E-state index is 1.41. The highest BCUT2D eigenvalue weighted by atomic mass is 32.1. The predicted octanol–water partition coefficient (Wildman–Crippen LogP) is 4.73. The van der Waals surface area contributed by atoms with Crippen molar-refractivity contribution in [2.45, 2.75) is 13.8 Å². The van der Waals surface area contributed by atoms with E-state index in [0.717, 1.165) is 0 Å². The van der Waals surface area contributed by atoms with Gasteiger partial charge in [0.2, 0.25) is 0 Å². The molecule has 0 N–H and O–H groups in total. The molecule has 0 saturated carbocycles. The highest BCUT2D eigenvalue weighted by Crippen LogP contribution is 2.41. The summed E-state index contributed by atoms with van der Waals surface area (Å²) >= 11 is 3.83. The Kier molecular flexibility index (Phi) is 1.70. The second-order valence-corrected chi connectivity index (χ2v) is 6.00. The van der Waals surface area contributed by atoms with Crippen LogP contribution in [0.2, 0.25) is 0 Å². The summed E-state index contributed by atoms with van der Waals surface area (Å²) in [5.74, 6) is 0. The number of benzene rings is 1. The van der Waals surface area contributed by atoms with E-state index in [1.54, 1.807) is 0 Å². The summed E-state index contributed by atoms with van der Waals surface area (Å²) in [4.78, 5) is 2.91. The van der Waals surface area contributed by atoms with Crippen LogP contribution in [0.25, 0.3) is 20.2 Å². The van der Waals surface area contributed by atoms with Crippen LogP contribution >= 0.6 is 22.7 Å². The third-order valence-corrected chi connectivity index (χ3v) is 5.01. The first kappa shape index (κ1) is 8.45. The molecule has 3 rings (SSSR count). The van der Waals surface area contributed by atoms with Crippen molar-refractivity contribution in [2.75, 3.05) is 0 Å². The molecule has 0 aliphatic carbocycles. The summed E-state index contributed by atoms with van der Waals surface area (Å²) < 4.78 is 2.89. The lowest BCUT2D eigenvalue weighted by atomic mass is 10.2. The van der Waals surface area contributed by atoms with Crippen molar-refractivity contribution in [3.8, 4) is 0 Å². The third kappa shape index (κ3) is 0.983. The lowest BCUT2D eigenvalue weighted by Gasteiger charge is -1.88. The average molecular weight is 218 g/mol. The first-order chi connectivity index (χ1) is 6.77. The highest BCUT2D eigenvalue weighted by Gasteiger charge is 2.11. The van der Waals surface area contributed by atoms with E-state index in [1.165, 1.54) is 29.9 Å². The molecule has 0 aliphatic heterocycles. The Hall–Kier alpha value is -0.860. The van der Waals surface area contributed by atoms with E-state index in [1.807, 2.05) is 22.7 Å². The van der Waals surface area contributed by atoms with E-state index in [-0.39, 0.29) is 0 Å². The van der Waals surface area contributed by atoms with Gasteiger partial charge < -0.3 is 0 Å². The monoisotopic (exact) mass is 218 g/mol. The van der Waals surface area contributed by atoms with Crippen LogP contribution in [0.5, 0.6) is 0 Å². The van der Waals surface area contributed by atoms with E-state index >= 15 is 0 Å². The van der Waals surface area contributed by atoms with Gasteiger partial charge in [-0.05, 0) is 19.9 Å². The molecule has 0 fully saturated rings. The lowest BCUT2D eigenvalue weighted by molar-refractivity contribution is 1.70. The molecule has 0 bridgehead atoms. The summed E-state index contributed by atoms with van der Waals surface area (Å²) in [5.41, 5.74) is 0. The van der Waals surface area contributed by atoms with E-state index in [4.69, 9.17) is 0 Å². The molecule has 2 aromatic heterocycles. The minimum absolute atomic E-state index is 1.41. The largest absolute Gasteiger partial charge is 0.144 e. The summed E-state index contributed by atoms with van der Waals surface area (Å²) in [6, 6.07) is 8.68. The lowest BCUT2D eigenvalue weighted by Crippen LogP contribution is -1.63. The molecule has 2 heterocycles. The third-order valence-electron chi connectivity index (χ3n) is 2.57. The Balaban J connectivity index is 2.65. The quantitative estimate of drug-likeness (QED) is 0.511. The van der Waals surface area contributed by atoms with Gasteiger partial charge >= 0.3 is 0 Å². The standard InChI is InChI=1S/C12H10S2/c1-7-11-9-5-3-4-6-10(9)14-12(11)8(2)13-7/h3-6H,1-2H3. The Labute approximate surface area is 90.8 Å². The molecule has 0 nitrogen and oxygen atoms in total. The summed E-state index contributed by atoms with van der Waals surface area (Å²) in [5, 5.41) is 2.91. The van der Waals surface area contributed by atoms with Crippen molar-refractivity contribution in [3.63, 3.8) is 0 Å². The molecule has 70 valence electrons. The predicted molar refractivity (Wildman–Crippen MR) is 66.7 cm³/mol. The zero-order chi connectivity index (χ0) is 9.71. The molecular formula is C12H10S2. The maximum Gasteiger partial charge on any atom is 0.0494 e. The molecular weight excluding hydrogens is 208 g/mol.